The van der Waals surface area contributed by atoms with Crippen molar-refractivity contribution in [3.63, 3.8) is 0 Å². The number of halogens is 1. The molecular formula is C9H11BrN2O. The van der Waals surface area contributed by atoms with Gasteiger partial charge in [0.05, 0.1) is 12.3 Å². The van der Waals surface area contributed by atoms with Crippen molar-refractivity contribution in [3.8, 4) is 5.88 Å². The molecule has 3 rings (SSSR count). The maximum atomic E-state index is 5.57. The van der Waals surface area contributed by atoms with Gasteiger partial charge in [0.1, 0.15) is 4.47 Å². The van der Waals surface area contributed by atoms with Gasteiger partial charge in [0.15, 0.2) is 0 Å². The van der Waals surface area contributed by atoms with Gasteiger partial charge < -0.3 is 4.74 Å². The van der Waals surface area contributed by atoms with Gasteiger partial charge >= 0.3 is 0 Å². The van der Waals surface area contributed by atoms with Crippen LogP contribution in [0.4, 0.5) is 0 Å². The van der Waals surface area contributed by atoms with Crippen LogP contribution in [-0.4, -0.2) is 16.4 Å². The van der Waals surface area contributed by atoms with Crippen molar-refractivity contribution in [1.82, 2.24) is 9.78 Å². The van der Waals surface area contributed by atoms with E-state index in [4.69, 9.17) is 4.74 Å². The highest BCUT2D eigenvalue weighted by atomic mass is 79.9. The Kier molecular flexibility index (Phi) is 1.65. The second kappa shape index (κ2) is 2.74. The number of fused-ring (bicyclic) bond motifs is 1. The summed E-state index contributed by atoms with van der Waals surface area (Å²) in [5, 5.41) is 4.56. The van der Waals surface area contributed by atoms with Crippen molar-refractivity contribution in [1.29, 1.82) is 0 Å². The molecule has 0 saturated heterocycles. The molecule has 2 heterocycles. The van der Waals surface area contributed by atoms with Crippen LogP contribution in [0.2, 0.25) is 0 Å². The van der Waals surface area contributed by atoms with E-state index in [1.54, 1.807) is 0 Å². The van der Waals surface area contributed by atoms with Crippen LogP contribution in [0, 0.1) is 0 Å². The fourth-order valence-corrected chi connectivity index (χ4v) is 2.45. The third kappa shape index (κ3) is 1.19. The molecule has 3 nitrogen and oxygen atoms in total. The Labute approximate surface area is 85.2 Å². The Hall–Kier alpha value is -0.510. The van der Waals surface area contributed by atoms with E-state index in [1.165, 1.54) is 18.5 Å². The molecule has 13 heavy (non-hydrogen) atoms. The van der Waals surface area contributed by atoms with Crippen molar-refractivity contribution in [2.45, 2.75) is 31.7 Å². The minimum Gasteiger partial charge on any atom is -0.477 e. The van der Waals surface area contributed by atoms with E-state index in [1.807, 2.05) is 4.68 Å². The first kappa shape index (κ1) is 7.85. The average Bonchev–Trinajstić information content (AvgIpc) is 2.94. The molecule has 1 aliphatic carbocycles. The van der Waals surface area contributed by atoms with E-state index in [0.717, 1.165) is 29.9 Å². The van der Waals surface area contributed by atoms with Crippen LogP contribution in [0.15, 0.2) is 4.47 Å². The first-order valence-electron chi connectivity index (χ1n) is 4.75. The van der Waals surface area contributed by atoms with Crippen molar-refractivity contribution >= 4 is 15.9 Å². The molecule has 1 aromatic heterocycles. The number of hydrogen-bond donors (Lipinski definition) is 0. The van der Waals surface area contributed by atoms with E-state index >= 15 is 0 Å². The zero-order chi connectivity index (χ0) is 8.84. The molecule has 0 N–H and O–H groups in total. The molecule has 0 spiro atoms. The third-order valence-electron chi connectivity index (χ3n) is 2.59. The van der Waals surface area contributed by atoms with Crippen LogP contribution in [0.25, 0.3) is 0 Å². The smallest absolute Gasteiger partial charge is 0.226 e. The third-order valence-corrected chi connectivity index (χ3v) is 3.34. The fourth-order valence-electron chi connectivity index (χ4n) is 1.73. The van der Waals surface area contributed by atoms with Gasteiger partial charge in [-0.2, -0.15) is 5.10 Å². The largest absolute Gasteiger partial charge is 0.477 e. The highest BCUT2D eigenvalue weighted by Crippen LogP contribution is 2.45. The van der Waals surface area contributed by atoms with Crippen molar-refractivity contribution < 1.29 is 4.74 Å². The predicted molar refractivity (Wildman–Crippen MR) is 52.0 cm³/mol. The number of nitrogens with zero attached hydrogens (tertiary/aromatic N) is 2. The van der Waals surface area contributed by atoms with Gasteiger partial charge in [0.25, 0.3) is 0 Å². The van der Waals surface area contributed by atoms with Crippen LogP contribution in [0.3, 0.4) is 0 Å². The summed E-state index contributed by atoms with van der Waals surface area (Å²) in [4.78, 5) is 0. The Morgan fingerprint density at radius 2 is 2.31 bits per heavy atom. The predicted octanol–water partition coefficient (Wildman–Crippen LogP) is 2.31. The first-order valence-corrected chi connectivity index (χ1v) is 5.54. The molecule has 1 aromatic rings. The van der Waals surface area contributed by atoms with Crippen molar-refractivity contribution in [2.24, 2.45) is 0 Å². The van der Waals surface area contributed by atoms with Crippen LogP contribution < -0.4 is 4.74 Å². The summed E-state index contributed by atoms with van der Waals surface area (Å²) in [5.74, 6) is 1.63. The van der Waals surface area contributed by atoms with Gasteiger partial charge in [-0.1, -0.05) is 0 Å². The zero-order valence-corrected chi connectivity index (χ0v) is 8.88. The first-order chi connectivity index (χ1) is 6.36. The van der Waals surface area contributed by atoms with E-state index in [0.29, 0.717) is 5.92 Å². The van der Waals surface area contributed by atoms with Gasteiger partial charge in [-0.25, -0.2) is 4.68 Å². The molecule has 1 aliphatic heterocycles. The normalized spacial score (nSPS) is 21.0. The van der Waals surface area contributed by atoms with Crippen LogP contribution in [0.5, 0.6) is 5.88 Å². The molecule has 0 atom stereocenters. The lowest BCUT2D eigenvalue weighted by atomic mass is 10.3. The quantitative estimate of drug-likeness (QED) is 0.756. The van der Waals surface area contributed by atoms with E-state index in [-0.39, 0.29) is 0 Å². The summed E-state index contributed by atoms with van der Waals surface area (Å²) in [6.07, 6.45) is 3.65. The second-order valence-electron chi connectivity index (χ2n) is 3.70. The molecule has 0 amide bonds. The summed E-state index contributed by atoms with van der Waals surface area (Å²) in [6.45, 7) is 1.83. The molecule has 4 heteroatoms. The molecule has 2 aliphatic rings. The van der Waals surface area contributed by atoms with Crippen molar-refractivity contribution in [3.05, 3.63) is 10.2 Å². The zero-order valence-electron chi connectivity index (χ0n) is 7.29. The minimum atomic E-state index is 0.691. The van der Waals surface area contributed by atoms with Crippen LogP contribution in [-0.2, 0) is 6.54 Å². The number of rotatable bonds is 1. The van der Waals surface area contributed by atoms with E-state index in [2.05, 4.69) is 21.0 Å². The Morgan fingerprint density at radius 1 is 1.46 bits per heavy atom. The van der Waals surface area contributed by atoms with Gasteiger partial charge in [0.2, 0.25) is 5.88 Å². The van der Waals surface area contributed by atoms with E-state index in [9.17, 15) is 0 Å². The summed E-state index contributed by atoms with van der Waals surface area (Å²) in [7, 11) is 0. The lowest BCUT2D eigenvalue weighted by molar-refractivity contribution is 0.229. The van der Waals surface area contributed by atoms with Crippen LogP contribution in [0.1, 0.15) is 30.9 Å². The van der Waals surface area contributed by atoms with Gasteiger partial charge in [0, 0.05) is 18.9 Å². The summed E-state index contributed by atoms with van der Waals surface area (Å²) >= 11 is 3.57. The lowest BCUT2D eigenvalue weighted by Crippen LogP contribution is -2.14. The second-order valence-corrected chi connectivity index (χ2v) is 4.50. The molecule has 0 aromatic carbocycles. The molecular weight excluding hydrogens is 232 g/mol. The van der Waals surface area contributed by atoms with Gasteiger partial charge in [-0.15, -0.1) is 0 Å². The highest BCUT2D eigenvalue weighted by Gasteiger charge is 2.32. The Balaban J connectivity index is 2.06. The molecule has 0 radical (unpaired) electrons. The molecule has 70 valence electrons. The monoisotopic (exact) mass is 242 g/mol. The molecule has 1 saturated carbocycles. The Bertz CT molecular complexity index is 344. The maximum absolute atomic E-state index is 5.57. The van der Waals surface area contributed by atoms with E-state index < -0.39 is 0 Å². The minimum absolute atomic E-state index is 0.691. The number of hydrogen-bond acceptors (Lipinski definition) is 2. The maximum Gasteiger partial charge on any atom is 0.226 e. The molecule has 1 fully saturated rings. The van der Waals surface area contributed by atoms with Crippen LogP contribution >= 0.6 is 15.9 Å². The van der Waals surface area contributed by atoms with Gasteiger partial charge in [-0.3, -0.25) is 0 Å². The SMILES string of the molecule is Brc1c(C2CC2)nn2c1OCCC2. The number of aromatic nitrogens is 2. The average molecular weight is 243 g/mol. The highest BCUT2D eigenvalue weighted by molar-refractivity contribution is 9.10. The Morgan fingerprint density at radius 3 is 3.00 bits per heavy atom. The fraction of sp³-hybridized carbons (Fsp3) is 0.667. The standard InChI is InChI=1S/C9H11BrN2O/c10-7-8(6-2-3-6)11-12-4-1-5-13-9(7)12/h6H,1-5H2. The summed E-state index contributed by atoms with van der Waals surface area (Å²) < 4.78 is 8.65. The van der Waals surface area contributed by atoms with Crippen molar-refractivity contribution in [2.75, 3.05) is 6.61 Å². The molecule has 0 bridgehead atoms. The number of aryl methyl sites for hydroxylation is 1. The van der Waals surface area contributed by atoms with Gasteiger partial charge in [-0.05, 0) is 28.8 Å². The summed E-state index contributed by atoms with van der Waals surface area (Å²) in [5.41, 5.74) is 1.21. The summed E-state index contributed by atoms with van der Waals surface area (Å²) in [6, 6.07) is 0. The molecule has 0 unspecified atom stereocenters. The number of ether oxygens (including phenoxy) is 1. The topological polar surface area (TPSA) is 27.1 Å². The lowest BCUT2D eigenvalue weighted by Gasteiger charge is -2.14.